The maximum absolute atomic E-state index is 13.1. The summed E-state index contributed by atoms with van der Waals surface area (Å²) >= 11 is 0. The van der Waals surface area contributed by atoms with E-state index in [0.29, 0.717) is 42.5 Å². The lowest BCUT2D eigenvalue weighted by atomic mass is 10.1. The first-order valence-corrected chi connectivity index (χ1v) is 8.97. The number of carbonyl (C=O) groups excluding carboxylic acids is 1. The van der Waals surface area contributed by atoms with Crippen molar-refractivity contribution in [2.75, 3.05) is 20.3 Å². The summed E-state index contributed by atoms with van der Waals surface area (Å²) in [4.78, 5) is 14.5. The lowest BCUT2D eigenvalue weighted by Gasteiger charge is -2.21. The number of nitrogens with zero attached hydrogens (tertiary/aromatic N) is 3. The van der Waals surface area contributed by atoms with Crippen molar-refractivity contribution in [2.24, 2.45) is 0 Å². The Morgan fingerprint density at radius 1 is 1.14 bits per heavy atom. The number of amides is 1. The molecule has 28 heavy (non-hydrogen) atoms. The molecule has 1 amide bonds. The number of hydrogen-bond donors (Lipinski definition) is 0. The summed E-state index contributed by atoms with van der Waals surface area (Å²) in [6.45, 7) is 3.31. The number of benzene rings is 2. The number of hydrogen-bond acceptors (Lipinski definition) is 4. The SMILES string of the molecule is Cc1c(C(=O)N(C)Cc2ccc3c(c2)OCCO3)cnn1-c1ccc(F)cc1. The van der Waals surface area contributed by atoms with E-state index in [-0.39, 0.29) is 11.7 Å². The largest absolute Gasteiger partial charge is 0.486 e. The molecule has 0 radical (unpaired) electrons. The topological polar surface area (TPSA) is 56.6 Å². The minimum atomic E-state index is -0.316. The fraction of sp³-hybridized carbons (Fsp3) is 0.238. The zero-order valence-corrected chi connectivity index (χ0v) is 15.7. The van der Waals surface area contributed by atoms with Crippen LogP contribution in [-0.2, 0) is 6.54 Å². The molecule has 0 bridgehead atoms. The molecule has 0 fully saturated rings. The molecule has 0 spiro atoms. The lowest BCUT2D eigenvalue weighted by molar-refractivity contribution is 0.0784. The zero-order chi connectivity index (χ0) is 19.7. The van der Waals surface area contributed by atoms with Crippen molar-refractivity contribution in [3.63, 3.8) is 0 Å². The summed E-state index contributed by atoms with van der Waals surface area (Å²) in [7, 11) is 1.74. The van der Waals surface area contributed by atoms with Gasteiger partial charge in [-0.25, -0.2) is 9.07 Å². The number of rotatable bonds is 4. The minimum Gasteiger partial charge on any atom is -0.486 e. The molecule has 0 unspecified atom stereocenters. The van der Waals surface area contributed by atoms with Crippen molar-refractivity contribution in [3.05, 3.63) is 71.3 Å². The highest BCUT2D eigenvalue weighted by Crippen LogP contribution is 2.31. The second-order valence-corrected chi connectivity index (χ2v) is 6.67. The number of ether oxygens (including phenoxy) is 2. The van der Waals surface area contributed by atoms with E-state index in [1.165, 1.54) is 12.1 Å². The second-order valence-electron chi connectivity index (χ2n) is 6.67. The summed E-state index contributed by atoms with van der Waals surface area (Å²) in [5.74, 6) is 0.968. The van der Waals surface area contributed by atoms with Crippen molar-refractivity contribution >= 4 is 5.91 Å². The summed E-state index contributed by atoms with van der Waals surface area (Å²) < 4.78 is 25.9. The highest BCUT2D eigenvalue weighted by atomic mass is 19.1. The molecule has 1 aliphatic heterocycles. The molecule has 0 saturated heterocycles. The van der Waals surface area contributed by atoms with E-state index in [0.717, 1.165) is 11.3 Å². The normalized spacial score (nSPS) is 12.7. The van der Waals surface area contributed by atoms with Gasteiger partial charge < -0.3 is 14.4 Å². The van der Waals surface area contributed by atoms with Crippen molar-refractivity contribution < 1.29 is 18.7 Å². The summed E-state index contributed by atoms with van der Waals surface area (Å²) in [5.41, 5.74) is 2.85. The molecule has 0 aliphatic carbocycles. The van der Waals surface area contributed by atoms with E-state index in [1.807, 2.05) is 25.1 Å². The van der Waals surface area contributed by atoms with Crippen LogP contribution in [0, 0.1) is 12.7 Å². The van der Waals surface area contributed by atoms with Gasteiger partial charge in [-0.1, -0.05) is 6.07 Å². The van der Waals surface area contributed by atoms with Crippen molar-refractivity contribution in [1.29, 1.82) is 0 Å². The molecule has 0 atom stereocenters. The predicted molar refractivity (Wildman–Crippen MR) is 101 cm³/mol. The van der Waals surface area contributed by atoms with Gasteiger partial charge in [-0.2, -0.15) is 5.10 Å². The molecular weight excluding hydrogens is 361 g/mol. The van der Waals surface area contributed by atoms with E-state index < -0.39 is 0 Å². The second kappa shape index (κ2) is 7.34. The van der Waals surface area contributed by atoms with Crippen LogP contribution >= 0.6 is 0 Å². The summed E-state index contributed by atoms with van der Waals surface area (Å²) in [6.07, 6.45) is 1.54. The van der Waals surface area contributed by atoms with E-state index in [4.69, 9.17) is 9.47 Å². The van der Waals surface area contributed by atoms with E-state index >= 15 is 0 Å². The standard InChI is InChI=1S/C21H20FN3O3/c1-14-18(12-23-25(14)17-6-4-16(22)5-7-17)21(26)24(2)13-15-3-8-19-20(11-15)28-10-9-27-19/h3-8,11-12H,9-10,13H2,1-2H3. The van der Waals surface area contributed by atoms with E-state index in [9.17, 15) is 9.18 Å². The average Bonchev–Trinajstić information content (AvgIpc) is 3.09. The number of fused-ring (bicyclic) bond motifs is 1. The van der Waals surface area contributed by atoms with Crippen LogP contribution in [0.3, 0.4) is 0 Å². The molecule has 0 N–H and O–H groups in total. The molecule has 1 aromatic heterocycles. The third-order valence-electron chi connectivity index (χ3n) is 4.68. The molecule has 1 aliphatic rings. The van der Waals surface area contributed by atoms with E-state index in [2.05, 4.69) is 5.10 Å². The van der Waals surface area contributed by atoms with Crippen LogP contribution in [0.15, 0.2) is 48.7 Å². The Hall–Kier alpha value is -3.35. The van der Waals surface area contributed by atoms with E-state index in [1.54, 1.807) is 35.0 Å². The number of halogens is 1. The van der Waals surface area contributed by atoms with Crippen molar-refractivity contribution in [2.45, 2.75) is 13.5 Å². The number of aromatic nitrogens is 2. The smallest absolute Gasteiger partial charge is 0.257 e. The van der Waals surface area contributed by atoms with Crippen LogP contribution in [0.1, 0.15) is 21.6 Å². The van der Waals surface area contributed by atoms with Crippen LogP contribution in [-0.4, -0.2) is 40.8 Å². The van der Waals surface area contributed by atoms with Crippen LogP contribution in [0.5, 0.6) is 11.5 Å². The maximum Gasteiger partial charge on any atom is 0.257 e. The molecule has 6 nitrogen and oxygen atoms in total. The fourth-order valence-electron chi connectivity index (χ4n) is 3.20. The minimum absolute atomic E-state index is 0.138. The maximum atomic E-state index is 13.1. The molecule has 4 rings (SSSR count). The molecular formula is C21H20FN3O3. The summed E-state index contributed by atoms with van der Waals surface area (Å²) in [5, 5.41) is 4.29. The van der Waals surface area contributed by atoms with Gasteiger partial charge in [-0.05, 0) is 48.9 Å². The first-order valence-electron chi connectivity index (χ1n) is 8.97. The van der Waals surface area contributed by atoms with Crippen LogP contribution in [0.4, 0.5) is 4.39 Å². The average molecular weight is 381 g/mol. The van der Waals surface area contributed by atoms with Gasteiger partial charge in [-0.15, -0.1) is 0 Å². The van der Waals surface area contributed by atoms with Gasteiger partial charge in [0.25, 0.3) is 5.91 Å². The Labute approximate surface area is 162 Å². The Morgan fingerprint density at radius 3 is 2.61 bits per heavy atom. The van der Waals surface area contributed by atoms with Crippen LogP contribution in [0.25, 0.3) is 5.69 Å². The fourth-order valence-corrected chi connectivity index (χ4v) is 3.20. The predicted octanol–water partition coefficient (Wildman–Crippen LogP) is 3.36. The van der Waals surface area contributed by atoms with Crippen LogP contribution < -0.4 is 9.47 Å². The first-order chi connectivity index (χ1) is 13.5. The van der Waals surface area contributed by atoms with Gasteiger partial charge in [0.05, 0.1) is 23.1 Å². The zero-order valence-electron chi connectivity index (χ0n) is 15.7. The molecule has 144 valence electrons. The molecule has 7 heteroatoms. The highest BCUT2D eigenvalue weighted by molar-refractivity contribution is 5.95. The first kappa shape index (κ1) is 18.0. The Bertz CT molecular complexity index is 1010. The van der Waals surface area contributed by atoms with Gasteiger partial charge in [0.1, 0.15) is 19.0 Å². The molecule has 2 heterocycles. The third-order valence-corrected chi connectivity index (χ3v) is 4.68. The molecule has 3 aromatic rings. The summed E-state index contributed by atoms with van der Waals surface area (Å²) in [6, 6.07) is 11.7. The van der Waals surface area contributed by atoms with Crippen molar-refractivity contribution in [1.82, 2.24) is 14.7 Å². The third kappa shape index (κ3) is 3.43. The Morgan fingerprint density at radius 2 is 1.86 bits per heavy atom. The highest BCUT2D eigenvalue weighted by Gasteiger charge is 2.20. The van der Waals surface area contributed by atoms with Gasteiger partial charge >= 0.3 is 0 Å². The lowest BCUT2D eigenvalue weighted by Crippen LogP contribution is -2.26. The Balaban J connectivity index is 1.52. The Kier molecular flexibility index (Phi) is 4.73. The monoisotopic (exact) mass is 381 g/mol. The van der Waals surface area contributed by atoms with Gasteiger partial charge in [-0.3, -0.25) is 4.79 Å². The number of carbonyl (C=O) groups is 1. The van der Waals surface area contributed by atoms with Gasteiger partial charge in [0, 0.05) is 13.6 Å². The molecule has 0 saturated carbocycles. The quantitative estimate of drug-likeness (QED) is 0.695. The van der Waals surface area contributed by atoms with Gasteiger partial charge in [0.2, 0.25) is 0 Å². The van der Waals surface area contributed by atoms with Crippen LogP contribution in [0.2, 0.25) is 0 Å². The van der Waals surface area contributed by atoms with Crippen molar-refractivity contribution in [3.8, 4) is 17.2 Å². The molecule has 2 aromatic carbocycles. The van der Waals surface area contributed by atoms with Gasteiger partial charge in [0.15, 0.2) is 11.5 Å².